The minimum atomic E-state index is -3.82. The van der Waals surface area contributed by atoms with Gasteiger partial charge in [0.2, 0.25) is 33.4 Å². The number of nitrogens with zero attached hydrogens (tertiary/aromatic N) is 5. The lowest BCUT2D eigenvalue weighted by Gasteiger charge is -2.54. The summed E-state index contributed by atoms with van der Waals surface area (Å²) in [6, 6.07) is 22.0. The quantitative estimate of drug-likeness (QED) is 0.0251. The first kappa shape index (κ1) is 64.4. The van der Waals surface area contributed by atoms with E-state index in [0.29, 0.717) is 51.7 Å². The van der Waals surface area contributed by atoms with Gasteiger partial charge in [-0.25, -0.2) is 12.7 Å². The number of likely N-dealkylation sites (N-methyl/N-ethyl adjacent to an activating group) is 1. The molecule has 0 aliphatic carbocycles. The first-order valence-electron chi connectivity index (χ1n) is 28.9. The van der Waals surface area contributed by atoms with Crippen LogP contribution in [0.2, 0.25) is 0 Å². The van der Waals surface area contributed by atoms with E-state index in [1.54, 1.807) is 13.1 Å². The number of allylic oxidation sites excluding steroid dienone is 8. The molecule has 5 heterocycles. The van der Waals surface area contributed by atoms with Gasteiger partial charge in [-0.15, -0.1) is 0 Å². The van der Waals surface area contributed by atoms with E-state index in [2.05, 4.69) is 135 Å². The number of rotatable bonds is 31. The van der Waals surface area contributed by atoms with E-state index in [0.717, 1.165) is 42.8 Å². The van der Waals surface area contributed by atoms with Crippen LogP contribution in [0.15, 0.2) is 120 Å². The number of piperazine rings is 3. The van der Waals surface area contributed by atoms with Gasteiger partial charge in [-0.1, -0.05) is 95.3 Å². The Morgan fingerprint density at radius 2 is 1.38 bits per heavy atom. The van der Waals surface area contributed by atoms with Gasteiger partial charge in [0.1, 0.15) is 46.3 Å². The van der Waals surface area contributed by atoms with Gasteiger partial charge < -0.3 is 44.0 Å². The number of nitrogens with one attached hydrogen (secondary N) is 3. The summed E-state index contributed by atoms with van der Waals surface area (Å²) in [5.74, 6) is -0.731. The number of carbonyl (C=O) groups is 3. The van der Waals surface area contributed by atoms with E-state index in [-0.39, 0.29) is 68.0 Å². The van der Waals surface area contributed by atoms with Gasteiger partial charge in [0.15, 0.2) is 5.71 Å². The standard InChI is InChI=1S/C63H88N8O8S.CH4/c1-9-10-34-69-56-29-28-52(48-54(56)63(4,5)58(69)22-15-13-11-12-14-21-57-62(2,3)53-19-16-17-20-55(53)68(57)7)80(75,76)67(6)33-18-23-59(72)64-32-43-78-45-47-79-46-44-77-42-31-60(73)65-49-61(74)66-51-26-24-50(25-27-51)30-35-71-39-36-70(8,37-40-71)38-41-71;/h11-17,19-22,24-29,48H,9-10,18,23,30-47,49H2,1-8H3;1H4/p+3. The Hall–Kier alpha value is -5.79. The Bertz CT molecular complexity index is 2870. The number of carbonyl (C=O) groups excluding carboxylic acids is 3. The molecule has 16 nitrogen and oxygen atoms in total. The molecule has 2 bridgehead atoms. The highest BCUT2D eigenvalue weighted by molar-refractivity contribution is 7.89. The van der Waals surface area contributed by atoms with Crippen molar-refractivity contribution >= 4 is 50.5 Å². The molecule has 442 valence electrons. The molecule has 3 fully saturated rings. The Morgan fingerprint density at radius 3 is 2.07 bits per heavy atom. The number of para-hydroxylation sites is 1. The number of amides is 3. The third kappa shape index (κ3) is 16.9. The van der Waals surface area contributed by atoms with Gasteiger partial charge in [0.25, 0.3) is 0 Å². The van der Waals surface area contributed by atoms with Crippen LogP contribution >= 0.6 is 0 Å². The number of hydrogen-bond acceptors (Lipinski definition) is 9. The second kappa shape index (κ2) is 29.5. The highest BCUT2D eigenvalue weighted by Gasteiger charge is 2.47. The van der Waals surface area contributed by atoms with Crippen LogP contribution < -0.4 is 20.9 Å². The molecule has 3 aromatic carbocycles. The number of ether oxygens (including phenoxy) is 3. The van der Waals surface area contributed by atoms with Crippen molar-refractivity contribution in [2.45, 2.75) is 96.3 Å². The van der Waals surface area contributed by atoms with Crippen molar-refractivity contribution in [2.24, 2.45) is 0 Å². The van der Waals surface area contributed by atoms with E-state index >= 15 is 0 Å². The molecule has 3 amide bonds. The zero-order chi connectivity index (χ0) is 57.4. The van der Waals surface area contributed by atoms with E-state index < -0.39 is 15.4 Å². The number of unbranched alkanes of at least 4 members (excludes halogenated alkanes) is 1. The molecule has 5 aliphatic rings. The highest BCUT2D eigenvalue weighted by atomic mass is 32.2. The third-order valence-corrected chi connectivity index (χ3v) is 18.6. The Morgan fingerprint density at radius 1 is 0.741 bits per heavy atom. The van der Waals surface area contributed by atoms with Crippen LogP contribution in [0.5, 0.6) is 0 Å². The second-order valence-electron chi connectivity index (χ2n) is 23.2. The van der Waals surface area contributed by atoms with Crippen molar-refractivity contribution in [1.82, 2.24) is 14.9 Å². The summed E-state index contributed by atoms with van der Waals surface area (Å²) in [5, 5.41) is 8.34. The van der Waals surface area contributed by atoms with Crippen molar-refractivity contribution in [3.8, 4) is 0 Å². The number of sulfonamides is 1. The van der Waals surface area contributed by atoms with E-state index in [9.17, 15) is 22.8 Å². The van der Waals surface area contributed by atoms with Crippen molar-refractivity contribution in [3.63, 3.8) is 0 Å². The summed E-state index contributed by atoms with van der Waals surface area (Å²) < 4.78 is 50.5. The average Bonchev–Trinajstić information content (AvgIpc) is 3.81. The van der Waals surface area contributed by atoms with Gasteiger partial charge >= 0.3 is 0 Å². The van der Waals surface area contributed by atoms with Crippen LogP contribution in [0.25, 0.3) is 0 Å². The van der Waals surface area contributed by atoms with Gasteiger partial charge in [-0.05, 0) is 74.2 Å². The highest BCUT2D eigenvalue weighted by Crippen LogP contribution is 2.49. The third-order valence-electron chi connectivity index (χ3n) is 16.8. The molecule has 5 aliphatic heterocycles. The van der Waals surface area contributed by atoms with Crippen molar-refractivity contribution in [1.29, 1.82) is 0 Å². The van der Waals surface area contributed by atoms with E-state index in [1.807, 2.05) is 42.5 Å². The van der Waals surface area contributed by atoms with Crippen LogP contribution in [0, 0.1) is 0 Å². The van der Waals surface area contributed by atoms with Crippen LogP contribution in [0.3, 0.4) is 0 Å². The maximum absolute atomic E-state index is 13.9. The number of fused-ring (bicyclic) bond motifs is 5. The number of quaternary nitrogens is 2. The Kier molecular flexibility index (Phi) is 23.4. The van der Waals surface area contributed by atoms with Gasteiger partial charge in [-0.2, -0.15) is 4.58 Å². The van der Waals surface area contributed by atoms with E-state index in [4.69, 9.17) is 14.2 Å². The molecule has 0 spiro atoms. The molecule has 81 heavy (non-hydrogen) atoms. The number of anilines is 2. The van der Waals surface area contributed by atoms with Crippen LogP contribution in [-0.4, -0.2) is 182 Å². The smallest absolute Gasteiger partial charge is 0.243 e. The molecule has 0 atom stereocenters. The van der Waals surface area contributed by atoms with E-state index in [1.165, 1.54) is 81.6 Å². The maximum Gasteiger partial charge on any atom is 0.243 e. The van der Waals surface area contributed by atoms with Crippen LogP contribution in [0.1, 0.15) is 90.8 Å². The first-order valence-corrected chi connectivity index (χ1v) is 30.4. The summed E-state index contributed by atoms with van der Waals surface area (Å²) in [5.41, 5.74) is 8.39. The second-order valence-corrected chi connectivity index (χ2v) is 25.3. The number of hydrogen-bond donors (Lipinski definition) is 3. The largest absolute Gasteiger partial charge is 0.379 e. The monoisotopic (exact) mass is 1140 g/mol. The molecule has 0 radical (unpaired) electrons. The molecule has 17 heteroatoms. The number of benzene rings is 3. The fraction of sp³-hybridized carbons (Fsp3) is 0.531. The van der Waals surface area contributed by atoms with Gasteiger partial charge in [0.05, 0.1) is 70.1 Å². The zero-order valence-corrected chi connectivity index (χ0v) is 49.9. The molecule has 0 aromatic heterocycles. The Labute approximate surface area is 484 Å². The predicted octanol–water partition coefficient (Wildman–Crippen LogP) is 8.02. The van der Waals surface area contributed by atoms with Gasteiger partial charge in [0, 0.05) is 86.1 Å². The lowest BCUT2D eigenvalue weighted by molar-refractivity contribution is -1.07. The Balaban J connectivity index is 0.0000106. The summed E-state index contributed by atoms with van der Waals surface area (Å²) in [7, 11) is 2.25. The van der Waals surface area contributed by atoms with Crippen molar-refractivity contribution < 1.29 is 50.6 Å². The predicted molar refractivity (Wildman–Crippen MR) is 326 cm³/mol. The minimum absolute atomic E-state index is 0. The molecule has 0 unspecified atom stereocenters. The first-order chi connectivity index (χ1) is 38.3. The maximum atomic E-state index is 13.9. The zero-order valence-electron chi connectivity index (χ0n) is 49.1. The van der Waals surface area contributed by atoms with Crippen LogP contribution in [0.4, 0.5) is 17.1 Å². The van der Waals surface area contributed by atoms with Crippen molar-refractivity contribution in [2.75, 3.05) is 143 Å². The van der Waals surface area contributed by atoms with Crippen LogP contribution in [-0.2, 0) is 55.9 Å². The normalized spacial score (nSPS) is 20.4. The molecular formula is C64H95N8O8S+3. The fourth-order valence-electron chi connectivity index (χ4n) is 11.4. The molecule has 3 saturated heterocycles. The van der Waals surface area contributed by atoms with Gasteiger partial charge in [-0.3, -0.25) is 14.4 Å². The average molecular weight is 1140 g/mol. The lowest BCUT2D eigenvalue weighted by atomic mass is 9.81. The summed E-state index contributed by atoms with van der Waals surface area (Å²) in [6.45, 7) is 22.9. The lowest BCUT2D eigenvalue weighted by Crippen LogP contribution is -2.73. The molecule has 3 aromatic rings. The molecule has 0 saturated carbocycles. The molecule has 3 N–H and O–H groups in total. The summed E-state index contributed by atoms with van der Waals surface area (Å²) in [6.07, 6.45) is 18.3. The minimum Gasteiger partial charge on any atom is -0.379 e. The van der Waals surface area contributed by atoms with Crippen molar-refractivity contribution in [3.05, 3.63) is 132 Å². The SMILES string of the molecule is C.CCCCN1C(=CC=CC=CC=CC2=[N+](C)c3ccccc3C2(C)C)C(C)(C)c2cc(S(=O)(=O)N(C)CCCC(=O)NCCOCCOCCOCCC(=O)NCC(=O)Nc3ccc(CC[N+]45CC[N+](C)(CC4)CC5)cc3)ccc21. The molecular weight excluding hydrogens is 1040 g/mol. The molecule has 8 rings (SSSR count). The fourth-order valence-corrected chi connectivity index (χ4v) is 12.7. The summed E-state index contributed by atoms with van der Waals surface area (Å²) >= 11 is 0. The topological polar surface area (TPSA) is 159 Å². The summed E-state index contributed by atoms with van der Waals surface area (Å²) in [4.78, 5) is 39.9.